The Balaban J connectivity index is 1.49. The summed E-state index contributed by atoms with van der Waals surface area (Å²) >= 11 is 1.23. The van der Waals surface area contributed by atoms with Crippen molar-refractivity contribution in [1.29, 1.82) is 0 Å². The van der Waals surface area contributed by atoms with E-state index in [9.17, 15) is 9.59 Å². The highest BCUT2D eigenvalue weighted by Crippen LogP contribution is 2.22. The molecule has 0 aliphatic heterocycles. The topological polar surface area (TPSA) is 91.6 Å². The van der Waals surface area contributed by atoms with Crippen molar-refractivity contribution in [3.63, 3.8) is 0 Å². The van der Waals surface area contributed by atoms with E-state index >= 15 is 0 Å². The van der Waals surface area contributed by atoms with E-state index in [0.29, 0.717) is 27.0 Å². The molecule has 0 aliphatic rings. The lowest BCUT2D eigenvalue weighted by Crippen LogP contribution is -2.14. The maximum Gasteiger partial charge on any atom is 0.350 e. The van der Waals surface area contributed by atoms with Crippen molar-refractivity contribution in [2.45, 2.75) is 27.7 Å². The number of ether oxygens (including phenoxy) is 1. The Hall–Kier alpha value is -3.20. The zero-order valence-corrected chi connectivity index (χ0v) is 16.7. The van der Waals surface area contributed by atoms with Gasteiger partial charge in [-0.25, -0.2) is 9.78 Å². The Morgan fingerprint density at radius 1 is 1.18 bits per heavy atom. The number of aromatic nitrogens is 4. The summed E-state index contributed by atoms with van der Waals surface area (Å²) in [5.41, 5.74) is 2.92. The van der Waals surface area contributed by atoms with Crippen molar-refractivity contribution < 1.29 is 18.8 Å². The number of ketones is 1. The molecule has 4 aromatic rings. The average molecular weight is 398 g/mol. The third-order valence-corrected chi connectivity index (χ3v) is 5.36. The van der Waals surface area contributed by atoms with Crippen LogP contribution in [0.3, 0.4) is 0 Å². The van der Waals surface area contributed by atoms with Crippen LogP contribution in [0.1, 0.15) is 42.9 Å². The Bertz CT molecular complexity index is 1180. The molecule has 0 saturated carbocycles. The second-order valence-electron chi connectivity index (χ2n) is 6.58. The lowest BCUT2D eigenvalue weighted by molar-refractivity contribution is 0.0479. The van der Waals surface area contributed by atoms with Crippen LogP contribution in [0.4, 0.5) is 0 Å². The summed E-state index contributed by atoms with van der Waals surface area (Å²) < 4.78 is 14.0. The number of fused-ring (bicyclic) bond motifs is 1. The van der Waals surface area contributed by atoms with Crippen molar-refractivity contribution in [2.75, 3.05) is 6.61 Å². The molecule has 8 nitrogen and oxygen atoms in total. The summed E-state index contributed by atoms with van der Waals surface area (Å²) in [6.45, 7) is 7.05. The van der Waals surface area contributed by atoms with Gasteiger partial charge in [0.2, 0.25) is 5.78 Å². The summed E-state index contributed by atoms with van der Waals surface area (Å²) in [7, 11) is 0. The minimum absolute atomic E-state index is 0.273. The van der Waals surface area contributed by atoms with E-state index in [-0.39, 0.29) is 12.4 Å². The van der Waals surface area contributed by atoms with Crippen LogP contribution in [0.2, 0.25) is 0 Å². The van der Waals surface area contributed by atoms with Crippen LogP contribution in [0.5, 0.6) is 0 Å². The molecule has 0 fully saturated rings. The number of rotatable bonds is 5. The summed E-state index contributed by atoms with van der Waals surface area (Å²) in [5.74, 6) is 0.482. The maximum atomic E-state index is 12.6. The molecule has 4 rings (SSSR count). The minimum Gasteiger partial charge on any atom is -0.453 e. The molecule has 0 N–H and O–H groups in total. The van der Waals surface area contributed by atoms with Crippen molar-refractivity contribution in [1.82, 2.24) is 19.1 Å². The first-order valence-corrected chi connectivity index (χ1v) is 9.43. The number of esters is 1. The van der Waals surface area contributed by atoms with Gasteiger partial charge < -0.3 is 9.26 Å². The number of Topliss-reactive ketones (excluding diaryl/α,β-unsaturated/α-hetero) is 1. The smallest absolute Gasteiger partial charge is 0.350 e. The fourth-order valence-electron chi connectivity index (χ4n) is 3.14. The molecule has 4 aromatic heterocycles. The van der Waals surface area contributed by atoms with Crippen LogP contribution in [0.25, 0.3) is 10.8 Å². The summed E-state index contributed by atoms with van der Waals surface area (Å²) in [6.07, 6.45) is 3.49. The molecule has 0 bridgehead atoms. The van der Waals surface area contributed by atoms with Crippen LogP contribution in [0.15, 0.2) is 29.0 Å². The largest absolute Gasteiger partial charge is 0.453 e. The van der Waals surface area contributed by atoms with Gasteiger partial charge in [-0.1, -0.05) is 16.5 Å². The van der Waals surface area contributed by atoms with Gasteiger partial charge in [-0.05, 0) is 33.8 Å². The van der Waals surface area contributed by atoms with Gasteiger partial charge in [-0.3, -0.25) is 13.8 Å². The van der Waals surface area contributed by atoms with Gasteiger partial charge in [0.1, 0.15) is 10.6 Å². The molecule has 9 heteroatoms. The Labute approximate surface area is 164 Å². The molecule has 0 saturated heterocycles. The Morgan fingerprint density at radius 3 is 2.64 bits per heavy atom. The predicted octanol–water partition coefficient (Wildman–Crippen LogP) is 3.45. The first kappa shape index (κ1) is 18.2. The zero-order valence-electron chi connectivity index (χ0n) is 15.8. The van der Waals surface area contributed by atoms with Crippen molar-refractivity contribution >= 4 is 28.1 Å². The number of imidazole rings is 1. The standard InChI is InChI=1S/C19H18N4O4S/c1-10-7-22-8-16(28-19(22)20-10)18(25)26-9-15(24)14-5-11(2)23(13(14)4)17-6-12(3)27-21-17/h5-8H,9H2,1-4H3. The van der Waals surface area contributed by atoms with Gasteiger partial charge in [-0.2, -0.15) is 0 Å². The van der Waals surface area contributed by atoms with Gasteiger partial charge in [0.25, 0.3) is 0 Å². The second-order valence-corrected chi connectivity index (χ2v) is 7.59. The van der Waals surface area contributed by atoms with Crippen molar-refractivity contribution in [3.8, 4) is 5.82 Å². The van der Waals surface area contributed by atoms with E-state index in [1.54, 1.807) is 29.7 Å². The van der Waals surface area contributed by atoms with Gasteiger partial charge >= 0.3 is 5.97 Å². The first-order chi connectivity index (χ1) is 13.3. The number of aryl methyl sites for hydroxylation is 3. The average Bonchev–Trinajstić information content (AvgIpc) is 3.36. The van der Waals surface area contributed by atoms with E-state index in [0.717, 1.165) is 17.1 Å². The molecular formula is C19H18N4O4S. The first-order valence-electron chi connectivity index (χ1n) is 8.61. The van der Waals surface area contributed by atoms with Gasteiger partial charge in [0.05, 0.1) is 5.69 Å². The zero-order chi connectivity index (χ0) is 20.0. The highest BCUT2D eigenvalue weighted by atomic mass is 32.1. The summed E-state index contributed by atoms with van der Waals surface area (Å²) in [4.78, 5) is 30.3. The quantitative estimate of drug-likeness (QED) is 0.378. The third kappa shape index (κ3) is 3.13. The maximum absolute atomic E-state index is 12.6. The van der Waals surface area contributed by atoms with E-state index in [4.69, 9.17) is 9.26 Å². The Kier molecular flexibility index (Phi) is 4.38. The van der Waals surface area contributed by atoms with Crippen LogP contribution >= 0.6 is 11.3 Å². The van der Waals surface area contributed by atoms with Gasteiger partial charge in [0, 0.05) is 35.4 Å². The molecule has 28 heavy (non-hydrogen) atoms. The van der Waals surface area contributed by atoms with E-state index in [1.807, 2.05) is 31.5 Å². The number of carbonyl (C=O) groups excluding carboxylic acids is 2. The van der Waals surface area contributed by atoms with Crippen LogP contribution < -0.4 is 0 Å². The molecule has 144 valence electrons. The fraction of sp³-hybridized carbons (Fsp3) is 0.263. The predicted molar refractivity (Wildman–Crippen MR) is 102 cm³/mol. The molecule has 0 radical (unpaired) electrons. The van der Waals surface area contributed by atoms with Gasteiger partial charge in [-0.15, -0.1) is 0 Å². The van der Waals surface area contributed by atoms with Crippen molar-refractivity contribution in [2.24, 2.45) is 0 Å². The third-order valence-electron chi connectivity index (χ3n) is 4.39. The van der Waals surface area contributed by atoms with E-state index < -0.39 is 5.97 Å². The molecular weight excluding hydrogens is 380 g/mol. The molecule has 0 amide bonds. The number of thiazole rings is 1. The lowest BCUT2D eigenvalue weighted by Gasteiger charge is -2.05. The molecule has 0 spiro atoms. The van der Waals surface area contributed by atoms with Gasteiger partial charge in [0.15, 0.2) is 17.4 Å². The highest BCUT2D eigenvalue weighted by Gasteiger charge is 2.21. The second kappa shape index (κ2) is 6.75. The summed E-state index contributed by atoms with van der Waals surface area (Å²) in [5, 5.41) is 4.00. The number of nitrogens with zero attached hydrogens (tertiary/aromatic N) is 4. The molecule has 0 unspecified atom stereocenters. The normalized spacial score (nSPS) is 11.3. The number of hydrogen-bond donors (Lipinski definition) is 0. The molecule has 0 atom stereocenters. The Morgan fingerprint density at radius 2 is 1.96 bits per heavy atom. The highest BCUT2D eigenvalue weighted by molar-refractivity contribution is 7.18. The minimum atomic E-state index is -0.539. The molecule has 0 aromatic carbocycles. The fourth-order valence-corrected chi connectivity index (χ4v) is 4.05. The number of carbonyl (C=O) groups is 2. The molecule has 4 heterocycles. The van der Waals surface area contributed by atoms with Crippen LogP contribution in [0, 0.1) is 27.7 Å². The van der Waals surface area contributed by atoms with Crippen LogP contribution in [-0.4, -0.2) is 37.5 Å². The SMILES string of the molecule is Cc1cn2cc(C(=O)OCC(=O)c3cc(C)n(-c4cc(C)on4)c3C)sc2n1. The van der Waals surface area contributed by atoms with E-state index in [2.05, 4.69) is 10.1 Å². The molecule has 0 aliphatic carbocycles. The van der Waals surface area contributed by atoms with E-state index in [1.165, 1.54) is 11.3 Å². The summed E-state index contributed by atoms with van der Waals surface area (Å²) in [6, 6.07) is 3.56. The van der Waals surface area contributed by atoms with Crippen molar-refractivity contribution in [3.05, 3.63) is 57.8 Å². The lowest BCUT2D eigenvalue weighted by atomic mass is 10.1. The van der Waals surface area contributed by atoms with Crippen LogP contribution in [-0.2, 0) is 4.74 Å². The monoisotopic (exact) mass is 398 g/mol. The number of hydrogen-bond acceptors (Lipinski definition) is 7.